The van der Waals surface area contributed by atoms with E-state index in [0.29, 0.717) is 16.9 Å². The lowest BCUT2D eigenvalue weighted by molar-refractivity contribution is -0.539. The molecule has 0 amide bonds. The summed E-state index contributed by atoms with van der Waals surface area (Å²) in [6.07, 6.45) is 1.20. The number of imidazole rings is 1. The lowest BCUT2D eigenvalue weighted by Gasteiger charge is -2.51. The van der Waals surface area contributed by atoms with E-state index in [1.807, 2.05) is 0 Å². The minimum atomic E-state index is -4.44. The third-order valence-electron chi connectivity index (χ3n) is 6.42. The van der Waals surface area contributed by atoms with Gasteiger partial charge in [0.25, 0.3) is 5.78 Å². The van der Waals surface area contributed by atoms with Crippen molar-refractivity contribution in [3.8, 4) is 0 Å². The van der Waals surface area contributed by atoms with Crippen LogP contribution in [0, 0.1) is 0 Å². The molecule has 2 aromatic heterocycles. The topological polar surface area (TPSA) is 203 Å². The number of benzene rings is 2. The van der Waals surface area contributed by atoms with E-state index in [4.69, 9.17) is 4.74 Å². The molecule has 0 saturated heterocycles. The summed E-state index contributed by atoms with van der Waals surface area (Å²) in [5.74, 6) is -12.1. The van der Waals surface area contributed by atoms with Crippen LogP contribution in [0.4, 0.5) is 0 Å². The average molecular weight is 545 g/mol. The number of ether oxygens (including phenoxy) is 1. The predicted octanol–water partition coefficient (Wildman–Crippen LogP) is 0.891. The van der Waals surface area contributed by atoms with Crippen LogP contribution in [-0.2, 0) is 36.8 Å². The molecule has 0 aliphatic carbocycles. The zero-order valence-electron chi connectivity index (χ0n) is 19.8. The number of hydrogen-bond donors (Lipinski definition) is 7. The molecular weight excluding hydrogens is 520 g/mol. The number of nitrogens with one attached hydrogen (secondary N) is 1. The largest absolute Gasteiger partial charge is 0.455 e. The molecular formula is C25H24N2O10S. The highest BCUT2D eigenvalue weighted by Crippen LogP contribution is 2.56. The Morgan fingerprint density at radius 2 is 1.58 bits per heavy atom. The van der Waals surface area contributed by atoms with E-state index in [-0.39, 0.29) is 16.6 Å². The molecule has 3 atom stereocenters. The molecule has 13 heteroatoms. The number of nitrogens with zero attached hydrogens (tertiary/aromatic N) is 1. The fourth-order valence-corrected chi connectivity index (χ4v) is 5.80. The van der Waals surface area contributed by atoms with Crippen LogP contribution in [0.1, 0.15) is 22.9 Å². The zero-order chi connectivity index (χ0) is 27.8. The van der Waals surface area contributed by atoms with Gasteiger partial charge < -0.3 is 35.3 Å². The third-order valence-corrected chi connectivity index (χ3v) is 7.51. The Labute approximate surface area is 218 Å². The maximum atomic E-state index is 14.2. The Morgan fingerprint density at radius 3 is 2.16 bits per heavy atom. The van der Waals surface area contributed by atoms with Crippen molar-refractivity contribution in [3.63, 3.8) is 0 Å². The van der Waals surface area contributed by atoms with Crippen LogP contribution in [-0.4, -0.2) is 64.3 Å². The van der Waals surface area contributed by atoms with E-state index in [1.165, 1.54) is 36.0 Å². The number of fused-ring (bicyclic) bond motifs is 1. The summed E-state index contributed by atoms with van der Waals surface area (Å²) in [5.41, 5.74) is -5.75. The van der Waals surface area contributed by atoms with Gasteiger partial charge in [0.15, 0.2) is 5.41 Å². The van der Waals surface area contributed by atoms with Crippen molar-refractivity contribution >= 4 is 34.1 Å². The zero-order valence-corrected chi connectivity index (χ0v) is 20.6. The SMILES string of the molecule is CC(O)(c1ccccc1)C(C(=O)C(=O)OCc1ccccc1)(c1scc2[nH]cnc12)C(O)(OO)C(O)(O)O. The van der Waals surface area contributed by atoms with E-state index < -0.39 is 46.0 Å². The standard InChI is InChI=1S/C25H24N2O10S/c1-22(30,16-10-6-3-7-11-16)23(24(31,37-35)25(32,33)34,20-18-17(13-38-20)26-14-27-18)19(28)21(29)36-12-15-8-4-2-5-9-15/h2-11,13-14,30-35H,12H2,1H3,(H,26,27). The quantitative estimate of drug-likeness (QED) is 0.0491. The molecule has 200 valence electrons. The summed E-state index contributed by atoms with van der Waals surface area (Å²) >= 11 is 0.650. The maximum Gasteiger partial charge on any atom is 0.376 e. The Hall–Kier alpha value is -3.53. The Bertz CT molecular complexity index is 1430. The molecule has 0 fully saturated rings. The van der Waals surface area contributed by atoms with E-state index in [2.05, 4.69) is 14.9 Å². The number of hydrogen-bond acceptors (Lipinski definition) is 12. The molecule has 0 radical (unpaired) electrons. The van der Waals surface area contributed by atoms with Crippen molar-refractivity contribution in [1.82, 2.24) is 9.97 Å². The molecule has 0 aliphatic heterocycles. The van der Waals surface area contributed by atoms with Gasteiger partial charge >= 0.3 is 17.7 Å². The van der Waals surface area contributed by atoms with Crippen LogP contribution >= 0.6 is 11.3 Å². The lowest BCUT2D eigenvalue weighted by atomic mass is 9.59. The fraction of sp³-hybridized carbons (Fsp3) is 0.240. The van der Waals surface area contributed by atoms with E-state index in [9.17, 15) is 40.4 Å². The first-order chi connectivity index (χ1) is 17.9. The Balaban J connectivity index is 2.04. The highest BCUT2D eigenvalue weighted by atomic mass is 32.1. The summed E-state index contributed by atoms with van der Waals surface area (Å²) in [6, 6.07) is 15.3. The summed E-state index contributed by atoms with van der Waals surface area (Å²) in [4.78, 5) is 37.9. The third kappa shape index (κ3) is 4.11. The number of Topliss-reactive ketones (excluding diaryl/α,β-unsaturated/α-hetero) is 1. The van der Waals surface area contributed by atoms with Crippen LogP contribution < -0.4 is 0 Å². The van der Waals surface area contributed by atoms with Crippen LogP contribution in [0.3, 0.4) is 0 Å². The number of ketones is 1. The fourth-order valence-electron chi connectivity index (χ4n) is 4.50. The highest BCUT2D eigenvalue weighted by molar-refractivity contribution is 7.12. The van der Waals surface area contributed by atoms with Crippen molar-refractivity contribution in [2.24, 2.45) is 0 Å². The minimum absolute atomic E-state index is 0.116. The number of rotatable bonds is 10. The molecule has 7 N–H and O–H groups in total. The monoisotopic (exact) mass is 544 g/mol. The molecule has 4 aromatic rings. The van der Waals surface area contributed by atoms with Gasteiger partial charge in [0, 0.05) is 5.38 Å². The van der Waals surface area contributed by atoms with Crippen LogP contribution in [0.15, 0.2) is 72.4 Å². The number of H-pyrrole nitrogens is 1. The predicted molar refractivity (Wildman–Crippen MR) is 131 cm³/mol. The Morgan fingerprint density at radius 1 is 0.974 bits per heavy atom. The number of carbonyl (C=O) groups excluding carboxylic acids is 2. The van der Waals surface area contributed by atoms with Crippen molar-refractivity contribution in [2.45, 2.75) is 36.3 Å². The molecule has 0 bridgehead atoms. The molecule has 0 spiro atoms. The highest BCUT2D eigenvalue weighted by Gasteiger charge is 2.78. The van der Waals surface area contributed by atoms with Gasteiger partial charge in [-0.2, -0.15) is 4.89 Å². The van der Waals surface area contributed by atoms with Gasteiger partial charge in [-0.25, -0.2) is 15.0 Å². The minimum Gasteiger partial charge on any atom is -0.455 e. The van der Waals surface area contributed by atoms with Crippen molar-refractivity contribution in [2.75, 3.05) is 0 Å². The molecule has 0 aliphatic rings. The first-order valence-electron chi connectivity index (χ1n) is 11.1. The number of aromatic nitrogens is 2. The number of carbonyl (C=O) groups is 2. The number of aliphatic hydroxyl groups is 5. The summed E-state index contributed by atoms with van der Waals surface area (Å²) < 4.78 is 5.15. The second-order valence-corrected chi connectivity index (χ2v) is 9.56. The van der Waals surface area contributed by atoms with E-state index >= 15 is 0 Å². The van der Waals surface area contributed by atoms with Crippen LogP contribution in [0.25, 0.3) is 11.0 Å². The van der Waals surface area contributed by atoms with Gasteiger partial charge in [0.2, 0.25) is 0 Å². The smallest absolute Gasteiger partial charge is 0.376 e. The normalized spacial score (nSPS) is 16.8. The van der Waals surface area contributed by atoms with E-state index in [1.54, 1.807) is 36.4 Å². The molecule has 2 heterocycles. The Kier molecular flexibility index (Phi) is 7.22. The second-order valence-electron chi connectivity index (χ2n) is 8.68. The first kappa shape index (κ1) is 27.5. The van der Waals surface area contributed by atoms with Gasteiger partial charge in [-0.3, -0.25) is 4.79 Å². The molecule has 38 heavy (non-hydrogen) atoms. The van der Waals surface area contributed by atoms with Gasteiger partial charge in [-0.15, -0.1) is 11.3 Å². The van der Waals surface area contributed by atoms with Crippen molar-refractivity contribution in [1.29, 1.82) is 0 Å². The number of aromatic amines is 1. The molecule has 4 rings (SSSR count). The summed E-state index contributed by atoms with van der Waals surface area (Å²) in [6.45, 7) is 0.538. The van der Waals surface area contributed by atoms with Gasteiger partial charge in [0.05, 0.1) is 16.7 Å². The first-order valence-corrected chi connectivity index (χ1v) is 12.0. The van der Waals surface area contributed by atoms with Gasteiger partial charge in [-0.1, -0.05) is 60.7 Å². The van der Waals surface area contributed by atoms with Gasteiger partial charge in [0.1, 0.15) is 17.7 Å². The van der Waals surface area contributed by atoms with Crippen LogP contribution in [0.2, 0.25) is 0 Å². The van der Waals surface area contributed by atoms with E-state index in [0.717, 1.165) is 6.92 Å². The second kappa shape index (κ2) is 9.98. The maximum absolute atomic E-state index is 14.2. The number of esters is 1. The lowest BCUT2D eigenvalue weighted by Crippen LogP contribution is -2.76. The summed E-state index contributed by atoms with van der Waals surface area (Å²) in [7, 11) is 0. The number of thiophene rings is 1. The van der Waals surface area contributed by atoms with Crippen molar-refractivity contribution in [3.05, 3.63) is 88.4 Å². The van der Waals surface area contributed by atoms with Crippen LogP contribution in [0.5, 0.6) is 0 Å². The summed E-state index contributed by atoms with van der Waals surface area (Å²) in [5, 5.41) is 65.6. The van der Waals surface area contributed by atoms with Crippen molar-refractivity contribution < 1.29 is 50.0 Å². The molecule has 3 unspecified atom stereocenters. The average Bonchev–Trinajstić information content (AvgIpc) is 3.53. The molecule has 0 saturated carbocycles. The van der Waals surface area contributed by atoms with Gasteiger partial charge in [-0.05, 0) is 18.1 Å². The molecule has 2 aromatic carbocycles. The molecule has 12 nitrogen and oxygen atoms in total.